The topological polar surface area (TPSA) is 64.0 Å². The van der Waals surface area contributed by atoms with E-state index in [0.29, 0.717) is 5.69 Å². The summed E-state index contributed by atoms with van der Waals surface area (Å²) in [5.74, 6) is -0.0469. The maximum absolute atomic E-state index is 11.6. The van der Waals surface area contributed by atoms with E-state index < -0.39 is 10.0 Å². The van der Waals surface area contributed by atoms with Gasteiger partial charge >= 0.3 is 0 Å². The van der Waals surface area contributed by atoms with Crippen LogP contribution in [0.4, 0.5) is 5.69 Å². The van der Waals surface area contributed by atoms with Crippen molar-refractivity contribution in [1.82, 2.24) is 9.78 Å². The van der Waals surface area contributed by atoms with E-state index in [9.17, 15) is 8.42 Å². The lowest BCUT2D eigenvalue weighted by Crippen LogP contribution is -2.17. The summed E-state index contributed by atoms with van der Waals surface area (Å²) in [6.07, 6.45) is 3.44. The largest absolute Gasteiger partial charge is 0.283 e. The number of hydrogen-bond donors (Lipinski definition) is 1. The number of anilines is 1. The number of hydrogen-bond acceptors (Lipinski definition) is 3. The van der Waals surface area contributed by atoms with E-state index in [2.05, 4.69) is 9.82 Å². The zero-order valence-corrected chi connectivity index (χ0v) is 11.0. The fraction of sp³-hybridized carbons (Fsp3) is 0.182. The van der Waals surface area contributed by atoms with Gasteiger partial charge in [0.25, 0.3) is 0 Å². The number of nitrogens with zero attached hydrogens (tertiary/aromatic N) is 2. The van der Waals surface area contributed by atoms with Gasteiger partial charge in [0, 0.05) is 18.3 Å². The summed E-state index contributed by atoms with van der Waals surface area (Å²) in [7, 11) is -3.38. The molecular formula is C11H12ClN3O2S. The van der Waals surface area contributed by atoms with Gasteiger partial charge in [-0.1, -0.05) is 6.07 Å². The summed E-state index contributed by atoms with van der Waals surface area (Å²) >= 11 is 5.43. The SMILES string of the molecule is O=S(=O)(CCCl)Nc1cccc(-n2cccn2)c1. The van der Waals surface area contributed by atoms with Crippen molar-refractivity contribution in [1.29, 1.82) is 0 Å². The van der Waals surface area contributed by atoms with Crippen LogP contribution in [0.1, 0.15) is 0 Å². The highest BCUT2D eigenvalue weighted by Crippen LogP contribution is 2.15. The molecule has 0 bridgehead atoms. The predicted octanol–water partition coefficient (Wildman–Crippen LogP) is 1.85. The highest BCUT2D eigenvalue weighted by molar-refractivity contribution is 7.92. The minimum absolute atomic E-state index is 0.0637. The van der Waals surface area contributed by atoms with Crippen LogP contribution in [-0.2, 0) is 10.0 Å². The van der Waals surface area contributed by atoms with E-state index in [4.69, 9.17) is 11.6 Å². The van der Waals surface area contributed by atoms with E-state index in [1.54, 1.807) is 41.3 Å². The molecule has 5 nitrogen and oxygen atoms in total. The van der Waals surface area contributed by atoms with Crippen molar-refractivity contribution < 1.29 is 8.42 Å². The van der Waals surface area contributed by atoms with Gasteiger partial charge in [-0.05, 0) is 24.3 Å². The number of halogens is 1. The smallest absolute Gasteiger partial charge is 0.233 e. The molecule has 0 aliphatic carbocycles. The van der Waals surface area contributed by atoms with Gasteiger partial charge in [0.1, 0.15) is 0 Å². The van der Waals surface area contributed by atoms with Gasteiger partial charge in [0.2, 0.25) is 10.0 Å². The number of benzene rings is 1. The number of sulfonamides is 1. The Hall–Kier alpha value is -1.53. The van der Waals surface area contributed by atoms with E-state index in [-0.39, 0.29) is 11.6 Å². The molecule has 0 aliphatic heterocycles. The molecule has 2 rings (SSSR count). The normalized spacial score (nSPS) is 11.4. The molecule has 7 heteroatoms. The highest BCUT2D eigenvalue weighted by Gasteiger charge is 2.09. The van der Waals surface area contributed by atoms with Crippen LogP contribution in [-0.4, -0.2) is 29.8 Å². The Bertz CT molecular complexity index is 611. The number of nitrogens with one attached hydrogen (secondary N) is 1. The van der Waals surface area contributed by atoms with Crippen molar-refractivity contribution in [2.75, 3.05) is 16.4 Å². The van der Waals surface area contributed by atoms with Gasteiger partial charge < -0.3 is 0 Å². The average Bonchev–Trinajstić information content (AvgIpc) is 2.81. The standard InChI is InChI=1S/C11H12ClN3O2S/c12-5-8-18(16,17)14-10-3-1-4-11(9-10)15-7-2-6-13-15/h1-4,6-7,9,14H,5,8H2. The molecule has 0 atom stereocenters. The van der Waals surface area contributed by atoms with Gasteiger partial charge in [0.05, 0.1) is 17.1 Å². The first kappa shape index (κ1) is 12.9. The molecule has 1 N–H and O–H groups in total. The Morgan fingerprint density at radius 2 is 2.17 bits per heavy atom. The Kier molecular flexibility index (Phi) is 3.88. The second-order valence-corrected chi connectivity index (χ2v) is 5.83. The molecule has 0 amide bonds. The van der Waals surface area contributed by atoms with Crippen molar-refractivity contribution in [2.45, 2.75) is 0 Å². The lowest BCUT2D eigenvalue weighted by atomic mass is 10.3. The van der Waals surface area contributed by atoms with Gasteiger partial charge in [-0.25, -0.2) is 13.1 Å². The molecule has 0 fully saturated rings. The first-order valence-electron chi connectivity index (χ1n) is 5.27. The van der Waals surface area contributed by atoms with E-state index in [1.807, 2.05) is 6.07 Å². The molecule has 0 unspecified atom stereocenters. The van der Waals surface area contributed by atoms with Crippen LogP contribution < -0.4 is 4.72 Å². The molecule has 0 radical (unpaired) electrons. The van der Waals surface area contributed by atoms with Gasteiger partial charge in [0.15, 0.2) is 0 Å². The van der Waals surface area contributed by atoms with Gasteiger partial charge in [-0.15, -0.1) is 11.6 Å². The molecule has 96 valence electrons. The monoisotopic (exact) mass is 285 g/mol. The minimum atomic E-state index is -3.38. The summed E-state index contributed by atoms with van der Waals surface area (Å²) in [6, 6.07) is 8.78. The summed E-state index contributed by atoms with van der Waals surface area (Å²) in [6.45, 7) is 0. The number of rotatable bonds is 5. The number of alkyl halides is 1. The molecule has 0 spiro atoms. The van der Waals surface area contributed by atoms with Crippen LogP contribution in [0, 0.1) is 0 Å². The van der Waals surface area contributed by atoms with Crippen LogP contribution >= 0.6 is 11.6 Å². The maximum Gasteiger partial charge on any atom is 0.233 e. The average molecular weight is 286 g/mol. The zero-order chi connectivity index (χ0) is 13.0. The number of aromatic nitrogens is 2. The van der Waals surface area contributed by atoms with Crippen molar-refractivity contribution in [3.05, 3.63) is 42.7 Å². The Balaban J connectivity index is 2.23. The summed E-state index contributed by atoms with van der Waals surface area (Å²) in [5.41, 5.74) is 1.28. The maximum atomic E-state index is 11.6. The summed E-state index contributed by atoms with van der Waals surface area (Å²) in [4.78, 5) is 0. The van der Waals surface area contributed by atoms with Crippen LogP contribution in [0.5, 0.6) is 0 Å². The lowest BCUT2D eigenvalue weighted by Gasteiger charge is -2.08. The lowest BCUT2D eigenvalue weighted by molar-refractivity contribution is 0.602. The van der Waals surface area contributed by atoms with Crippen LogP contribution in [0.15, 0.2) is 42.7 Å². The molecule has 2 aromatic rings. The van der Waals surface area contributed by atoms with Crippen molar-refractivity contribution in [3.63, 3.8) is 0 Å². The third-order valence-corrected chi connectivity index (χ3v) is 3.94. The van der Waals surface area contributed by atoms with Gasteiger partial charge in [-0.2, -0.15) is 5.10 Å². The molecule has 0 aliphatic rings. The third kappa shape index (κ3) is 3.24. The summed E-state index contributed by atoms with van der Waals surface area (Å²) < 4.78 is 27.3. The predicted molar refractivity (Wildman–Crippen MR) is 71.7 cm³/mol. The summed E-state index contributed by atoms with van der Waals surface area (Å²) in [5, 5.41) is 4.08. The fourth-order valence-corrected chi connectivity index (χ4v) is 2.87. The molecule has 1 aromatic heterocycles. The van der Waals surface area contributed by atoms with E-state index in [0.717, 1.165) is 5.69 Å². The minimum Gasteiger partial charge on any atom is -0.283 e. The molecule has 0 saturated carbocycles. The molecular weight excluding hydrogens is 274 g/mol. The van der Waals surface area contributed by atoms with Crippen LogP contribution in [0.2, 0.25) is 0 Å². The van der Waals surface area contributed by atoms with E-state index in [1.165, 1.54) is 0 Å². The third-order valence-electron chi connectivity index (χ3n) is 2.23. The molecule has 1 aromatic carbocycles. The zero-order valence-electron chi connectivity index (χ0n) is 9.45. The van der Waals surface area contributed by atoms with Gasteiger partial charge in [-0.3, -0.25) is 4.72 Å². The Morgan fingerprint density at radius 3 is 2.83 bits per heavy atom. The second kappa shape index (κ2) is 5.41. The van der Waals surface area contributed by atoms with Crippen LogP contribution in [0.3, 0.4) is 0 Å². The Labute approximate surface area is 110 Å². The van der Waals surface area contributed by atoms with E-state index >= 15 is 0 Å². The highest BCUT2D eigenvalue weighted by atomic mass is 35.5. The van der Waals surface area contributed by atoms with Crippen molar-refractivity contribution in [2.24, 2.45) is 0 Å². The first-order valence-corrected chi connectivity index (χ1v) is 7.46. The fourth-order valence-electron chi connectivity index (χ4n) is 1.47. The van der Waals surface area contributed by atoms with Crippen molar-refractivity contribution >= 4 is 27.3 Å². The Morgan fingerprint density at radius 1 is 1.33 bits per heavy atom. The molecule has 18 heavy (non-hydrogen) atoms. The first-order chi connectivity index (χ1) is 8.61. The molecule has 0 saturated heterocycles. The second-order valence-electron chi connectivity index (χ2n) is 3.61. The quantitative estimate of drug-likeness (QED) is 0.853. The van der Waals surface area contributed by atoms with Crippen LogP contribution in [0.25, 0.3) is 5.69 Å². The molecule has 1 heterocycles. The van der Waals surface area contributed by atoms with Crippen molar-refractivity contribution in [3.8, 4) is 5.69 Å².